The van der Waals surface area contributed by atoms with Crippen molar-refractivity contribution in [2.75, 3.05) is 18.5 Å². The predicted molar refractivity (Wildman–Crippen MR) is 62.2 cm³/mol. The summed E-state index contributed by atoms with van der Waals surface area (Å²) in [6, 6.07) is 3.37. The molecule has 0 aromatic carbocycles. The van der Waals surface area contributed by atoms with Crippen molar-refractivity contribution in [3.8, 4) is 0 Å². The van der Waals surface area contributed by atoms with Crippen LogP contribution in [0, 0.1) is 0 Å². The second-order valence-corrected chi connectivity index (χ2v) is 3.52. The van der Waals surface area contributed by atoms with Gasteiger partial charge >= 0.3 is 0 Å². The molecule has 1 heterocycles. The van der Waals surface area contributed by atoms with Crippen LogP contribution < -0.4 is 11.1 Å². The van der Waals surface area contributed by atoms with Crippen molar-refractivity contribution in [1.29, 1.82) is 0 Å². The highest BCUT2D eigenvalue weighted by Gasteiger charge is 2.05. The van der Waals surface area contributed by atoms with E-state index < -0.39 is 13.0 Å². The number of hydrogen-bond acceptors (Lipinski definition) is 4. The number of alkyl halides is 2. The Balaban J connectivity index is 2.26. The van der Waals surface area contributed by atoms with E-state index in [0.29, 0.717) is 12.4 Å². The number of rotatable bonds is 7. The van der Waals surface area contributed by atoms with E-state index in [1.54, 1.807) is 18.3 Å². The van der Waals surface area contributed by atoms with E-state index in [-0.39, 0.29) is 18.9 Å². The molecule has 1 amide bonds. The van der Waals surface area contributed by atoms with Crippen molar-refractivity contribution in [2.45, 2.75) is 19.4 Å². The first-order valence-corrected chi connectivity index (χ1v) is 5.42. The maximum atomic E-state index is 11.7. The second kappa shape index (κ2) is 7.67. The van der Waals surface area contributed by atoms with Gasteiger partial charge in [0, 0.05) is 12.7 Å². The first-order valence-electron chi connectivity index (χ1n) is 5.42. The third-order valence-corrected chi connectivity index (χ3v) is 2.05. The number of anilines is 1. The van der Waals surface area contributed by atoms with Crippen molar-refractivity contribution in [2.24, 2.45) is 5.73 Å². The smallest absolute Gasteiger partial charge is 0.261 e. The second-order valence-electron chi connectivity index (χ2n) is 3.52. The van der Waals surface area contributed by atoms with Gasteiger partial charge in [0.25, 0.3) is 6.43 Å². The number of hydrogen-bond donors (Lipinski definition) is 2. The molecule has 18 heavy (non-hydrogen) atoms. The molecule has 0 saturated carbocycles. The SMILES string of the molecule is NCc1ccc(NC(=O)CCOCC(F)F)nc1. The normalized spacial score (nSPS) is 10.7. The fourth-order valence-corrected chi connectivity index (χ4v) is 1.16. The van der Waals surface area contributed by atoms with Crippen LogP contribution in [-0.2, 0) is 16.1 Å². The van der Waals surface area contributed by atoms with Gasteiger partial charge in [-0.25, -0.2) is 13.8 Å². The highest BCUT2D eigenvalue weighted by Crippen LogP contribution is 2.05. The van der Waals surface area contributed by atoms with Crippen molar-refractivity contribution in [3.63, 3.8) is 0 Å². The van der Waals surface area contributed by atoms with Gasteiger partial charge in [0.05, 0.1) is 13.0 Å². The fourth-order valence-electron chi connectivity index (χ4n) is 1.16. The molecule has 0 atom stereocenters. The number of nitrogens with one attached hydrogen (secondary N) is 1. The average Bonchev–Trinajstić information content (AvgIpc) is 2.35. The fraction of sp³-hybridized carbons (Fsp3) is 0.455. The van der Waals surface area contributed by atoms with E-state index in [1.807, 2.05) is 0 Å². The van der Waals surface area contributed by atoms with Gasteiger partial charge in [0.2, 0.25) is 5.91 Å². The molecule has 0 fully saturated rings. The Kier molecular flexibility index (Phi) is 6.16. The maximum absolute atomic E-state index is 11.7. The van der Waals surface area contributed by atoms with Crippen LogP contribution in [0.25, 0.3) is 0 Å². The number of aromatic nitrogens is 1. The molecule has 7 heteroatoms. The molecular weight excluding hydrogens is 244 g/mol. The van der Waals surface area contributed by atoms with Crippen LogP contribution in [0.15, 0.2) is 18.3 Å². The summed E-state index contributed by atoms with van der Waals surface area (Å²) in [4.78, 5) is 15.3. The van der Waals surface area contributed by atoms with E-state index in [0.717, 1.165) is 5.56 Å². The molecule has 3 N–H and O–H groups in total. The summed E-state index contributed by atoms with van der Waals surface area (Å²) in [5, 5.41) is 2.52. The number of amides is 1. The third kappa shape index (κ3) is 5.65. The number of pyridine rings is 1. The summed E-state index contributed by atoms with van der Waals surface area (Å²) in [6.45, 7) is -0.323. The van der Waals surface area contributed by atoms with E-state index >= 15 is 0 Å². The van der Waals surface area contributed by atoms with E-state index in [9.17, 15) is 13.6 Å². The summed E-state index contributed by atoms with van der Waals surface area (Å²) in [6.07, 6.45) is -0.950. The van der Waals surface area contributed by atoms with Crippen LogP contribution >= 0.6 is 0 Å². The van der Waals surface area contributed by atoms with Crippen LogP contribution in [0.1, 0.15) is 12.0 Å². The van der Waals surface area contributed by atoms with Crippen LogP contribution in [-0.4, -0.2) is 30.5 Å². The van der Waals surface area contributed by atoms with Gasteiger partial charge in [-0.1, -0.05) is 6.07 Å². The summed E-state index contributed by atoms with van der Waals surface area (Å²) in [5.41, 5.74) is 6.26. The molecule has 0 aliphatic carbocycles. The molecule has 0 unspecified atom stereocenters. The number of nitrogens with zero attached hydrogens (tertiary/aromatic N) is 1. The van der Waals surface area contributed by atoms with Crippen molar-refractivity contribution in [3.05, 3.63) is 23.9 Å². The molecule has 1 rings (SSSR count). The Morgan fingerprint density at radius 2 is 2.28 bits per heavy atom. The molecule has 0 aliphatic heterocycles. The Labute approximate surface area is 103 Å². The average molecular weight is 259 g/mol. The molecule has 0 saturated heterocycles. The van der Waals surface area contributed by atoms with E-state index in [4.69, 9.17) is 5.73 Å². The first kappa shape index (κ1) is 14.5. The van der Waals surface area contributed by atoms with Crippen LogP contribution in [0.2, 0.25) is 0 Å². The topological polar surface area (TPSA) is 77.2 Å². The summed E-state index contributed by atoms with van der Waals surface area (Å²) < 4.78 is 28.1. The monoisotopic (exact) mass is 259 g/mol. The number of halogens is 2. The van der Waals surface area contributed by atoms with Gasteiger partial charge in [0.1, 0.15) is 12.4 Å². The van der Waals surface area contributed by atoms with Crippen molar-refractivity contribution < 1.29 is 18.3 Å². The minimum Gasteiger partial charge on any atom is -0.375 e. The van der Waals surface area contributed by atoms with Gasteiger partial charge < -0.3 is 15.8 Å². The zero-order chi connectivity index (χ0) is 13.4. The Morgan fingerprint density at radius 1 is 1.50 bits per heavy atom. The Hall–Kier alpha value is -1.60. The lowest BCUT2D eigenvalue weighted by Gasteiger charge is -2.05. The molecule has 5 nitrogen and oxygen atoms in total. The quantitative estimate of drug-likeness (QED) is 0.720. The Bertz CT molecular complexity index is 371. The Morgan fingerprint density at radius 3 is 2.83 bits per heavy atom. The van der Waals surface area contributed by atoms with Crippen LogP contribution in [0.5, 0.6) is 0 Å². The lowest BCUT2D eigenvalue weighted by molar-refractivity contribution is -0.117. The summed E-state index contributed by atoms with van der Waals surface area (Å²) in [5.74, 6) is 0.0586. The molecule has 0 spiro atoms. The van der Waals surface area contributed by atoms with E-state index in [1.165, 1.54) is 0 Å². The molecule has 1 aromatic rings. The molecule has 1 aromatic heterocycles. The van der Waals surface area contributed by atoms with Crippen LogP contribution in [0.3, 0.4) is 0 Å². The number of carbonyl (C=O) groups excluding carboxylic acids is 1. The summed E-state index contributed by atoms with van der Waals surface area (Å²) >= 11 is 0. The number of carbonyl (C=O) groups is 1. The van der Waals surface area contributed by atoms with E-state index in [2.05, 4.69) is 15.0 Å². The van der Waals surface area contributed by atoms with Crippen molar-refractivity contribution in [1.82, 2.24) is 4.98 Å². The lowest BCUT2D eigenvalue weighted by atomic mass is 10.3. The summed E-state index contributed by atoms with van der Waals surface area (Å²) in [7, 11) is 0. The standard InChI is InChI=1S/C11H15F2N3O2/c12-9(13)7-18-4-3-11(17)16-10-2-1-8(5-14)6-15-10/h1-2,6,9H,3-5,7,14H2,(H,15,16,17). The minimum atomic E-state index is -2.52. The van der Waals surface area contributed by atoms with Gasteiger partial charge in [-0.3, -0.25) is 4.79 Å². The molecule has 0 bridgehead atoms. The highest BCUT2D eigenvalue weighted by molar-refractivity contribution is 5.89. The van der Waals surface area contributed by atoms with Crippen LogP contribution in [0.4, 0.5) is 14.6 Å². The molecule has 0 radical (unpaired) electrons. The van der Waals surface area contributed by atoms with Gasteiger partial charge in [0.15, 0.2) is 0 Å². The highest BCUT2D eigenvalue weighted by atomic mass is 19.3. The maximum Gasteiger partial charge on any atom is 0.261 e. The largest absolute Gasteiger partial charge is 0.375 e. The zero-order valence-electron chi connectivity index (χ0n) is 9.73. The number of ether oxygens (including phenoxy) is 1. The first-order chi connectivity index (χ1) is 8.61. The lowest BCUT2D eigenvalue weighted by Crippen LogP contribution is -2.16. The molecular formula is C11H15F2N3O2. The third-order valence-electron chi connectivity index (χ3n) is 2.05. The molecule has 0 aliphatic rings. The minimum absolute atomic E-state index is 0.00698. The predicted octanol–water partition coefficient (Wildman–Crippen LogP) is 1.15. The van der Waals surface area contributed by atoms with Gasteiger partial charge in [-0.2, -0.15) is 0 Å². The van der Waals surface area contributed by atoms with Gasteiger partial charge in [-0.15, -0.1) is 0 Å². The van der Waals surface area contributed by atoms with Crippen molar-refractivity contribution >= 4 is 11.7 Å². The number of nitrogens with two attached hydrogens (primary N) is 1. The zero-order valence-corrected chi connectivity index (χ0v) is 9.73. The molecule has 100 valence electrons. The van der Waals surface area contributed by atoms with Gasteiger partial charge in [-0.05, 0) is 11.6 Å².